The molecule has 0 fully saturated rings. The van der Waals surface area contributed by atoms with Gasteiger partial charge in [-0.1, -0.05) is 60.7 Å². The SMILES string of the molecule is C[C@@H](NC(=O)C(c1ccccc1)c1ccccc1)C(=O)[O-]. The minimum absolute atomic E-state index is 0.357. The highest BCUT2D eigenvalue weighted by molar-refractivity contribution is 5.90. The number of hydrogen-bond donors (Lipinski definition) is 1. The maximum absolute atomic E-state index is 12.5. The molecule has 0 radical (unpaired) electrons. The van der Waals surface area contributed by atoms with Crippen LogP contribution >= 0.6 is 0 Å². The molecule has 2 aromatic rings. The molecule has 2 rings (SSSR count). The maximum atomic E-state index is 12.5. The summed E-state index contributed by atoms with van der Waals surface area (Å²) in [5.41, 5.74) is 1.62. The summed E-state index contributed by atoms with van der Waals surface area (Å²) in [5, 5.41) is 13.3. The van der Waals surface area contributed by atoms with Gasteiger partial charge in [-0.15, -0.1) is 0 Å². The van der Waals surface area contributed by atoms with Crippen LogP contribution in [0.2, 0.25) is 0 Å². The molecular weight excluding hydrogens is 266 g/mol. The van der Waals surface area contributed by atoms with E-state index in [1.54, 1.807) is 0 Å². The summed E-state index contributed by atoms with van der Waals surface area (Å²) < 4.78 is 0. The van der Waals surface area contributed by atoms with Crippen molar-refractivity contribution in [2.45, 2.75) is 18.9 Å². The van der Waals surface area contributed by atoms with Gasteiger partial charge in [-0.2, -0.15) is 0 Å². The van der Waals surface area contributed by atoms with Gasteiger partial charge in [0.15, 0.2) is 0 Å². The van der Waals surface area contributed by atoms with Crippen LogP contribution in [-0.4, -0.2) is 17.9 Å². The average molecular weight is 282 g/mol. The number of benzene rings is 2. The first kappa shape index (κ1) is 14.8. The molecule has 0 bridgehead atoms. The van der Waals surface area contributed by atoms with Gasteiger partial charge in [-0.05, 0) is 18.1 Å². The Morgan fingerprint density at radius 2 is 1.33 bits per heavy atom. The minimum Gasteiger partial charge on any atom is -0.548 e. The first-order chi connectivity index (χ1) is 10.1. The summed E-state index contributed by atoms with van der Waals surface area (Å²) in [6.45, 7) is 1.39. The van der Waals surface area contributed by atoms with Gasteiger partial charge in [-0.25, -0.2) is 0 Å². The molecule has 1 amide bonds. The fourth-order valence-corrected chi connectivity index (χ4v) is 2.14. The predicted octanol–water partition coefficient (Wildman–Crippen LogP) is 1.07. The molecular formula is C17H16NO3-. The molecule has 0 heterocycles. The second kappa shape index (κ2) is 6.70. The van der Waals surface area contributed by atoms with Crippen molar-refractivity contribution in [3.63, 3.8) is 0 Å². The summed E-state index contributed by atoms with van der Waals surface area (Å²) in [4.78, 5) is 23.3. The van der Waals surface area contributed by atoms with E-state index in [0.717, 1.165) is 11.1 Å². The highest BCUT2D eigenvalue weighted by Crippen LogP contribution is 2.24. The Hall–Kier alpha value is -2.62. The molecule has 0 spiro atoms. The van der Waals surface area contributed by atoms with Gasteiger partial charge in [-0.3, -0.25) is 4.79 Å². The van der Waals surface area contributed by atoms with Crippen LogP contribution in [0, 0.1) is 0 Å². The number of carboxylic acids is 1. The van der Waals surface area contributed by atoms with Gasteiger partial charge in [0.25, 0.3) is 0 Å². The van der Waals surface area contributed by atoms with Crippen molar-refractivity contribution in [3.8, 4) is 0 Å². The fourth-order valence-electron chi connectivity index (χ4n) is 2.14. The van der Waals surface area contributed by atoms with E-state index in [2.05, 4.69) is 5.32 Å². The lowest BCUT2D eigenvalue weighted by Gasteiger charge is -2.21. The highest BCUT2D eigenvalue weighted by atomic mass is 16.4. The zero-order valence-electron chi connectivity index (χ0n) is 11.7. The lowest BCUT2D eigenvalue weighted by atomic mass is 9.90. The van der Waals surface area contributed by atoms with Crippen molar-refractivity contribution in [1.29, 1.82) is 0 Å². The molecule has 0 aromatic heterocycles. The number of carboxylic acid groups (broad SMARTS) is 1. The Morgan fingerprint density at radius 3 is 1.71 bits per heavy atom. The van der Waals surface area contributed by atoms with Gasteiger partial charge in [0.05, 0.1) is 17.9 Å². The van der Waals surface area contributed by atoms with Crippen LogP contribution < -0.4 is 10.4 Å². The Bertz CT molecular complexity index is 571. The summed E-state index contributed by atoms with van der Waals surface area (Å²) in [6.07, 6.45) is 0. The van der Waals surface area contributed by atoms with Gasteiger partial charge in [0, 0.05) is 0 Å². The van der Waals surface area contributed by atoms with Crippen LogP contribution in [-0.2, 0) is 9.59 Å². The summed E-state index contributed by atoms with van der Waals surface area (Å²) in [6, 6.07) is 17.5. The van der Waals surface area contributed by atoms with Crippen molar-refractivity contribution in [3.05, 3.63) is 71.8 Å². The molecule has 4 nitrogen and oxygen atoms in total. The molecule has 0 saturated heterocycles. The third-order valence-corrected chi connectivity index (χ3v) is 3.24. The van der Waals surface area contributed by atoms with Gasteiger partial charge < -0.3 is 15.2 Å². The minimum atomic E-state index is -1.30. The molecule has 1 N–H and O–H groups in total. The fraction of sp³-hybridized carbons (Fsp3) is 0.176. The highest BCUT2D eigenvalue weighted by Gasteiger charge is 2.23. The summed E-state index contributed by atoms with van der Waals surface area (Å²) >= 11 is 0. The van der Waals surface area contributed by atoms with E-state index in [4.69, 9.17) is 0 Å². The van der Waals surface area contributed by atoms with Gasteiger partial charge in [0.1, 0.15) is 0 Å². The monoisotopic (exact) mass is 282 g/mol. The third kappa shape index (κ3) is 3.69. The van der Waals surface area contributed by atoms with E-state index in [-0.39, 0.29) is 5.91 Å². The van der Waals surface area contributed by atoms with E-state index < -0.39 is 17.9 Å². The van der Waals surface area contributed by atoms with Crippen molar-refractivity contribution < 1.29 is 14.7 Å². The van der Waals surface area contributed by atoms with Crippen LogP contribution in [0.3, 0.4) is 0 Å². The first-order valence-corrected chi connectivity index (χ1v) is 6.70. The normalized spacial score (nSPS) is 11.9. The zero-order chi connectivity index (χ0) is 15.2. The summed E-state index contributed by atoms with van der Waals surface area (Å²) in [5.74, 6) is -2.21. The number of carbonyl (C=O) groups is 2. The molecule has 4 heteroatoms. The molecule has 0 aliphatic heterocycles. The second-order valence-electron chi connectivity index (χ2n) is 4.80. The zero-order valence-corrected chi connectivity index (χ0v) is 11.7. The van der Waals surface area contributed by atoms with E-state index in [1.165, 1.54) is 6.92 Å². The Morgan fingerprint density at radius 1 is 0.905 bits per heavy atom. The largest absolute Gasteiger partial charge is 0.548 e. The van der Waals surface area contributed by atoms with Crippen molar-refractivity contribution in [2.75, 3.05) is 0 Å². The standard InChI is InChI=1S/C17H17NO3/c1-12(17(20)21)18-16(19)15(13-8-4-2-5-9-13)14-10-6-3-7-11-14/h2-12,15H,1H3,(H,18,19)(H,20,21)/p-1/t12-/m1/s1. The van der Waals surface area contributed by atoms with Crippen molar-refractivity contribution in [1.82, 2.24) is 5.32 Å². The molecule has 1 atom stereocenters. The predicted molar refractivity (Wildman–Crippen MR) is 77.3 cm³/mol. The Balaban J connectivity index is 2.33. The van der Waals surface area contributed by atoms with Crippen molar-refractivity contribution in [2.24, 2.45) is 0 Å². The van der Waals surface area contributed by atoms with Crippen molar-refractivity contribution >= 4 is 11.9 Å². The van der Waals surface area contributed by atoms with E-state index in [0.29, 0.717) is 0 Å². The molecule has 0 aliphatic rings. The number of aliphatic carboxylic acids is 1. The molecule has 0 unspecified atom stereocenters. The Labute approximate surface area is 123 Å². The number of nitrogens with one attached hydrogen (secondary N) is 1. The van der Waals surface area contributed by atoms with Crippen LogP contribution in [0.15, 0.2) is 60.7 Å². The van der Waals surface area contributed by atoms with Crippen LogP contribution in [0.1, 0.15) is 24.0 Å². The lowest BCUT2D eigenvalue weighted by Crippen LogP contribution is -2.47. The van der Waals surface area contributed by atoms with Crippen LogP contribution in [0.25, 0.3) is 0 Å². The molecule has 2 aromatic carbocycles. The average Bonchev–Trinajstić information content (AvgIpc) is 2.49. The molecule has 21 heavy (non-hydrogen) atoms. The smallest absolute Gasteiger partial charge is 0.232 e. The third-order valence-electron chi connectivity index (χ3n) is 3.24. The van der Waals surface area contributed by atoms with E-state index >= 15 is 0 Å². The molecule has 0 saturated carbocycles. The van der Waals surface area contributed by atoms with Crippen LogP contribution in [0.4, 0.5) is 0 Å². The van der Waals surface area contributed by atoms with Gasteiger partial charge >= 0.3 is 0 Å². The molecule has 108 valence electrons. The summed E-state index contributed by atoms with van der Waals surface area (Å²) in [7, 11) is 0. The number of carbonyl (C=O) groups excluding carboxylic acids is 2. The van der Waals surface area contributed by atoms with Gasteiger partial charge in [0.2, 0.25) is 5.91 Å². The first-order valence-electron chi connectivity index (χ1n) is 6.70. The number of hydrogen-bond acceptors (Lipinski definition) is 3. The lowest BCUT2D eigenvalue weighted by molar-refractivity contribution is -0.307. The second-order valence-corrected chi connectivity index (χ2v) is 4.80. The molecule has 0 aliphatic carbocycles. The Kier molecular flexibility index (Phi) is 4.72. The number of amides is 1. The van der Waals surface area contributed by atoms with Crippen LogP contribution in [0.5, 0.6) is 0 Å². The number of rotatable bonds is 5. The van der Waals surface area contributed by atoms with E-state index in [1.807, 2.05) is 60.7 Å². The maximum Gasteiger partial charge on any atom is 0.232 e. The van der Waals surface area contributed by atoms with E-state index in [9.17, 15) is 14.7 Å². The topological polar surface area (TPSA) is 69.2 Å². The quantitative estimate of drug-likeness (QED) is 0.892.